The van der Waals surface area contributed by atoms with Gasteiger partial charge in [-0.1, -0.05) is 0 Å². The topological polar surface area (TPSA) is 50.2 Å². The van der Waals surface area contributed by atoms with Crippen LogP contribution in [0, 0.1) is 0 Å². The molecule has 0 spiro atoms. The van der Waals surface area contributed by atoms with Crippen molar-refractivity contribution < 1.29 is 0 Å². The summed E-state index contributed by atoms with van der Waals surface area (Å²) in [6, 6.07) is 0. The van der Waals surface area contributed by atoms with Crippen molar-refractivity contribution in [1.82, 2.24) is 14.4 Å². The molecule has 0 aliphatic heterocycles. The Morgan fingerprint density at radius 1 is 1.64 bits per heavy atom. The molecule has 0 aliphatic carbocycles. The van der Waals surface area contributed by atoms with Crippen molar-refractivity contribution in [3.8, 4) is 0 Å². The maximum absolute atomic E-state index is 11.0. The van der Waals surface area contributed by atoms with Crippen molar-refractivity contribution in [1.29, 1.82) is 0 Å². The normalized spacial score (nSPS) is 10.6. The fourth-order valence-electron chi connectivity index (χ4n) is 0.903. The van der Waals surface area contributed by atoms with Crippen LogP contribution in [-0.2, 0) is 0 Å². The van der Waals surface area contributed by atoms with Crippen LogP contribution in [0.3, 0.4) is 0 Å². The van der Waals surface area contributed by atoms with Crippen molar-refractivity contribution in [2.75, 3.05) is 0 Å². The molecular weight excluding hydrogens is 210 g/mol. The van der Waals surface area contributed by atoms with Gasteiger partial charge in [0.15, 0.2) is 5.65 Å². The monoisotopic (exact) mass is 213 g/mol. The van der Waals surface area contributed by atoms with Crippen LogP contribution in [0.5, 0.6) is 0 Å². The number of nitrogens with one attached hydrogen (secondary N) is 1. The first kappa shape index (κ1) is 6.60. The van der Waals surface area contributed by atoms with Gasteiger partial charge in [0.1, 0.15) is 0 Å². The lowest BCUT2D eigenvalue weighted by atomic mass is 10.6. The zero-order chi connectivity index (χ0) is 7.84. The third-order valence-corrected chi connectivity index (χ3v) is 1.98. The molecule has 2 aromatic heterocycles. The van der Waals surface area contributed by atoms with E-state index < -0.39 is 0 Å². The largest absolute Gasteiger partial charge is 0.331 e. The van der Waals surface area contributed by atoms with E-state index in [2.05, 4.69) is 25.9 Å². The van der Waals surface area contributed by atoms with Gasteiger partial charge in [-0.05, 0) is 15.9 Å². The molecule has 2 rings (SSSR count). The SMILES string of the molecule is O=c1[nH]cc(Br)c2nccn12. The second-order valence-corrected chi connectivity index (χ2v) is 2.92. The lowest BCUT2D eigenvalue weighted by Gasteiger charge is -1.92. The van der Waals surface area contributed by atoms with E-state index in [-0.39, 0.29) is 5.69 Å². The Balaban J connectivity index is 3.08. The highest BCUT2D eigenvalue weighted by Crippen LogP contribution is 2.11. The lowest BCUT2D eigenvalue weighted by molar-refractivity contribution is 0.996. The highest BCUT2D eigenvalue weighted by molar-refractivity contribution is 9.10. The van der Waals surface area contributed by atoms with Crippen LogP contribution in [0.25, 0.3) is 5.65 Å². The van der Waals surface area contributed by atoms with Crippen LogP contribution >= 0.6 is 15.9 Å². The van der Waals surface area contributed by atoms with Crippen molar-refractivity contribution in [3.05, 3.63) is 33.5 Å². The number of imidazole rings is 1. The van der Waals surface area contributed by atoms with Gasteiger partial charge in [0.2, 0.25) is 0 Å². The van der Waals surface area contributed by atoms with Gasteiger partial charge in [0.25, 0.3) is 0 Å². The first-order valence-corrected chi connectivity index (χ1v) is 3.78. The molecule has 0 unspecified atom stereocenters. The second kappa shape index (κ2) is 2.20. The standard InChI is InChI=1S/C6H4BrN3O/c7-4-3-9-6(11)10-2-1-8-5(4)10/h1-3H,(H,9,11). The summed E-state index contributed by atoms with van der Waals surface area (Å²) in [7, 11) is 0. The maximum atomic E-state index is 11.0. The minimum absolute atomic E-state index is 0.180. The van der Waals surface area contributed by atoms with Gasteiger partial charge in [-0.25, -0.2) is 9.78 Å². The van der Waals surface area contributed by atoms with Gasteiger partial charge in [-0.3, -0.25) is 4.40 Å². The average Bonchev–Trinajstić information content (AvgIpc) is 2.45. The summed E-state index contributed by atoms with van der Waals surface area (Å²) >= 11 is 3.26. The van der Waals surface area contributed by atoms with Gasteiger partial charge >= 0.3 is 5.69 Å². The smallest absolute Gasteiger partial charge is 0.313 e. The van der Waals surface area contributed by atoms with Crippen LogP contribution in [-0.4, -0.2) is 14.4 Å². The molecule has 2 heterocycles. The number of hydrogen-bond donors (Lipinski definition) is 1. The summed E-state index contributed by atoms with van der Waals surface area (Å²) in [5.74, 6) is 0. The van der Waals surface area contributed by atoms with Gasteiger partial charge < -0.3 is 4.98 Å². The average molecular weight is 214 g/mol. The molecule has 0 fully saturated rings. The number of fused-ring (bicyclic) bond motifs is 1. The fourth-order valence-corrected chi connectivity index (χ4v) is 1.31. The molecular formula is C6H4BrN3O. The Hall–Kier alpha value is -1.10. The van der Waals surface area contributed by atoms with E-state index in [0.717, 1.165) is 4.47 Å². The van der Waals surface area contributed by atoms with Crippen molar-refractivity contribution >= 4 is 21.6 Å². The quantitative estimate of drug-likeness (QED) is 0.704. The predicted molar refractivity (Wildman–Crippen MR) is 43.5 cm³/mol. The number of hydrogen-bond acceptors (Lipinski definition) is 2. The van der Waals surface area contributed by atoms with Crippen molar-refractivity contribution in [2.24, 2.45) is 0 Å². The summed E-state index contributed by atoms with van der Waals surface area (Å²) in [4.78, 5) is 17.6. The Kier molecular flexibility index (Phi) is 1.32. The van der Waals surface area contributed by atoms with Crippen LogP contribution in [0.2, 0.25) is 0 Å². The third kappa shape index (κ3) is 0.883. The highest BCUT2D eigenvalue weighted by atomic mass is 79.9. The molecule has 0 aromatic carbocycles. The maximum Gasteiger partial charge on any atom is 0.331 e. The number of H-pyrrole nitrogens is 1. The second-order valence-electron chi connectivity index (χ2n) is 2.06. The Morgan fingerprint density at radius 3 is 3.18 bits per heavy atom. The third-order valence-electron chi connectivity index (χ3n) is 1.40. The predicted octanol–water partition coefficient (Wildman–Crippen LogP) is 0.785. The summed E-state index contributed by atoms with van der Waals surface area (Å²) in [6.07, 6.45) is 4.76. The summed E-state index contributed by atoms with van der Waals surface area (Å²) in [5.41, 5.74) is 0.453. The summed E-state index contributed by atoms with van der Waals surface area (Å²) in [5, 5.41) is 0. The van der Waals surface area contributed by atoms with Crippen LogP contribution in [0.4, 0.5) is 0 Å². The minimum Gasteiger partial charge on any atom is -0.313 e. The molecule has 11 heavy (non-hydrogen) atoms. The molecule has 0 saturated carbocycles. The van der Waals surface area contributed by atoms with Crippen molar-refractivity contribution in [2.45, 2.75) is 0 Å². The van der Waals surface area contributed by atoms with Gasteiger partial charge in [0.05, 0.1) is 4.47 Å². The Labute approximate surface area is 70.0 Å². The highest BCUT2D eigenvalue weighted by Gasteiger charge is 2.00. The number of nitrogens with zero attached hydrogens (tertiary/aromatic N) is 2. The van der Waals surface area contributed by atoms with E-state index in [1.807, 2.05) is 0 Å². The van der Waals surface area contributed by atoms with E-state index in [1.165, 1.54) is 4.40 Å². The number of rotatable bonds is 0. The zero-order valence-corrected chi connectivity index (χ0v) is 7.00. The van der Waals surface area contributed by atoms with Gasteiger partial charge in [-0.2, -0.15) is 0 Å². The van der Waals surface area contributed by atoms with Crippen LogP contribution in [0.15, 0.2) is 27.9 Å². The van der Waals surface area contributed by atoms with E-state index >= 15 is 0 Å². The van der Waals surface area contributed by atoms with Crippen LogP contribution < -0.4 is 5.69 Å². The molecule has 0 atom stereocenters. The molecule has 0 radical (unpaired) electrons. The first-order valence-electron chi connectivity index (χ1n) is 2.99. The molecule has 1 N–H and O–H groups in total. The molecule has 5 heteroatoms. The van der Waals surface area contributed by atoms with E-state index in [1.54, 1.807) is 18.6 Å². The Morgan fingerprint density at radius 2 is 2.45 bits per heavy atom. The lowest BCUT2D eigenvalue weighted by Crippen LogP contribution is -2.14. The minimum atomic E-state index is -0.180. The van der Waals surface area contributed by atoms with E-state index in [0.29, 0.717) is 5.65 Å². The molecule has 0 amide bonds. The fraction of sp³-hybridized carbons (Fsp3) is 0. The zero-order valence-electron chi connectivity index (χ0n) is 5.41. The van der Waals surface area contributed by atoms with Gasteiger partial charge in [-0.15, -0.1) is 0 Å². The number of halogens is 1. The van der Waals surface area contributed by atoms with E-state index in [9.17, 15) is 4.79 Å². The molecule has 56 valence electrons. The van der Waals surface area contributed by atoms with Gasteiger partial charge in [0, 0.05) is 18.6 Å². The Bertz CT molecular complexity index is 444. The number of aromatic nitrogens is 3. The molecule has 4 nitrogen and oxygen atoms in total. The molecule has 2 aromatic rings. The molecule has 0 bridgehead atoms. The molecule has 0 aliphatic rings. The van der Waals surface area contributed by atoms with E-state index in [4.69, 9.17) is 0 Å². The van der Waals surface area contributed by atoms with Crippen molar-refractivity contribution in [3.63, 3.8) is 0 Å². The molecule has 0 saturated heterocycles. The summed E-state index contributed by atoms with van der Waals surface area (Å²) < 4.78 is 2.21. The number of aromatic amines is 1. The first-order chi connectivity index (χ1) is 5.29. The van der Waals surface area contributed by atoms with Crippen LogP contribution in [0.1, 0.15) is 0 Å². The summed E-state index contributed by atoms with van der Waals surface area (Å²) in [6.45, 7) is 0.